The Hall–Kier alpha value is -1.91. The summed E-state index contributed by atoms with van der Waals surface area (Å²) in [4.78, 5) is 19.6. The van der Waals surface area contributed by atoms with Gasteiger partial charge in [-0.3, -0.25) is 4.79 Å². The molecule has 0 unspecified atom stereocenters. The number of rotatable bonds is 3. The fourth-order valence-corrected chi connectivity index (χ4v) is 2.55. The number of halogens is 1. The summed E-state index contributed by atoms with van der Waals surface area (Å²) in [5.41, 5.74) is 0.628. The van der Waals surface area contributed by atoms with E-state index in [-0.39, 0.29) is 11.8 Å². The zero-order valence-corrected chi connectivity index (χ0v) is 10.7. The van der Waals surface area contributed by atoms with Gasteiger partial charge in [0.2, 0.25) is 0 Å². The standard InChI is InChI=1S/C14H15FN2O2/c1-2-19-13(18)14(6-3-7-14)12-16-10-5-4-9(15)8-11(10)17-12/h4-5,8H,2-3,6-7H2,1H3,(H,16,17). The van der Waals surface area contributed by atoms with Gasteiger partial charge in [-0.25, -0.2) is 9.37 Å². The van der Waals surface area contributed by atoms with Gasteiger partial charge in [0.15, 0.2) is 0 Å². The molecule has 0 radical (unpaired) electrons. The van der Waals surface area contributed by atoms with Crippen molar-refractivity contribution in [2.45, 2.75) is 31.6 Å². The Labute approximate surface area is 110 Å². The summed E-state index contributed by atoms with van der Waals surface area (Å²) in [5.74, 6) is 0.0417. The van der Waals surface area contributed by atoms with Crippen molar-refractivity contribution in [3.05, 3.63) is 29.8 Å². The molecule has 1 N–H and O–H groups in total. The van der Waals surface area contributed by atoms with Gasteiger partial charge in [-0.05, 0) is 38.0 Å². The van der Waals surface area contributed by atoms with Gasteiger partial charge >= 0.3 is 5.97 Å². The fraction of sp³-hybridized carbons (Fsp3) is 0.429. The number of fused-ring (bicyclic) bond motifs is 1. The van der Waals surface area contributed by atoms with Crippen molar-refractivity contribution < 1.29 is 13.9 Å². The van der Waals surface area contributed by atoms with Gasteiger partial charge in [-0.15, -0.1) is 0 Å². The normalized spacial score (nSPS) is 17.2. The molecule has 1 aliphatic carbocycles. The lowest BCUT2D eigenvalue weighted by Gasteiger charge is -2.37. The smallest absolute Gasteiger partial charge is 0.319 e. The molecule has 1 heterocycles. The Morgan fingerprint density at radius 2 is 2.32 bits per heavy atom. The van der Waals surface area contributed by atoms with Crippen LogP contribution in [0.15, 0.2) is 18.2 Å². The van der Waals surface area contributed by atoms with Crippen LogP contribution in [0.4, 0.5) is 4.39 Å². The molecule has 0 atom stereocenters. The predicted octanol–water partition coefficient (Wildman–Crippen LogP) is 2.69. The summed E-state index contributed by atoms with van der Waals surface area (Å²) in [6, 6.07) is 4.37. The minimum absolute atomic E-state index is 0.235. The van der Waals surface area contributed by atoms with Crippen molar-refractivity contribution in [1.29, 1.82) is 0 Å². The summed E-state index contributed by atoms with van der Waals surface area (Å²) >= 11 is 0. The highest BCUT2D eigenvalue weighted by atomic mass is 19.1. The van der Waals surface area contributed by atoms with E-state index in [1.165, 1.54) is 12.1 Å². The SMILES string of the molecule is CCOC(=O)C1(c2nc3ccc(F)cc3[nH]2)CCC1. The first kappa shape index (κ1) is 12.1. The van der Waals surface area contributed by atoms with Crippen LogP contribution in [0.25, 0.3) is 11.0 Å². The molecule has 0 bridgehead atoms. The number of aromatic amines is 1. The summed E-state index contributed by atoms with van der Waals surface area (Å²) in [6.45, 7) is 2.15. The lowest BCUT2D eigenvalue weighted by molar-refractivity contribution is -0.154. The third-order valence-electron chi connectivity index (χ3n) is 3.77. The molecule has 0 aliphatic heterocycles. The van der Waals surface area contributed by atoms with Crippen molar-refractivity contribution >= 4 is 17.0 Å². The van der Waals surface area contributed by atoms with Crippen LogP contribution < -0.4 is 0 Å². The van der Waals surface area contributed by atoms with Crippen LogP contribution in [-0.4, -0.2) is 22.5 Å². The number of carbonyl (C=O) groups is 1. The van der Waals surface area contributed by atoms with Crippen LogP contribution in [0, 0.1) is 5.82 Å². The Morgan fingerprint density at radius 3 is 2.95 bits per heavy atom. The van der Waals surface area contributed by atoms with Gasteiger partial charge in [0.05, 0.1) is 17.6 Å². The summed E-state index contributed by atoms with van der Waals surface area (Å²) in [7, 11) is 0. The van der Waals surface area contributed by atoms with Crippen molar-refractivity contribution in [3.63, 3.8) is 0 Å². The van der Waals surface area contributed by atoms with E-state index in [0.717, 1.165) is 19.3 Å². The van der Waals surface area contributed by atoms with Crippen LogP contribution in [-0.2, 0) is 14.9 Å². The van der Waals surface area contributed by atoms with E-state index in [4.69, 9.17) is 4.74 Å². The molecule has 4 nitrogen and oxygen atoms in total. The molecule has 1 aliphatic rings. The van der Waals surface area contributed by atoms with Gasteiger partial charge < -0.3 is 9.72 Å². The Morgan fingerprint density at radius 1 is 1.53 bits per heavy atom. The summed E-state index contributed by atoms with van der Waals surface area (Å²) < 4.78 is 18.3. The number of carbonyl (C=O) groups excluding carboxylic acids is 1. The molecular weight excluding hydrogens is 247 g/mol. The zero-order valence-electron chi connectivity index (χ0n) is 10.7. The number of imidazole rings is 1. The first-order chi connectivity index (χ1) is 9.15. The quantitative estimate of drug-likeness (QED) is 0.865. The Bertz CT molecular complexity index is 631. The number of esters is 1. The topological polar surface area (TPSA) is 55.0 Å². The molecule has 1 aromatic carbocycles. The molecule has 0 saturated heterocycles. The number of ether oxygens (including phenoxy) is 1. The van der Waals surface area contributed by atoms with E-state index in [2.05, 4.69) is 9.97 Å². The number of H-pyrrole nitrogens is 1. The second kappa shape index (κ2) is 4.33. The van der Waals surface area contributed by atoms with Crippen LogP contribution in [0.3, 0.4) is 0 Å². The van der Waals surface area contributed by atoms with Gasteiger partial charge in [0.25, 0.3) is 0 Å². The van der Waals surface area contributed by atoms with Crippen molar-refractivity contribution in [2.24, 2.45) is 0 Å². The molecule has 0 spiro atoms. The minimum atomic E-state index is -0.661. The summed E-state index contributed by atoms with van der Waals surface area (Å²) in [6.07, 6.45) is 2.44. The van der Waals surface area contributed by atoms with Gasteiger partial charge in [-0.2, -0.15) is 0 Å². The molecule has 19 heavy (non-hydrogen) atoms. The monoisotopic (exact) mass is 262 g/mol. The highest BCUT2D eigenvalue weighted by molar-refractivity contribution is 5.85. The summed E-state index contributed by atoms with van der Waals surface area (Å²) in [5, 5.41) is 0. The second-order valence-electron chi connectivity index (χ2n) is 4.90. The fourth-order valence-electron chi connectivity index (χ4n) is 2.55. The first-order valence-electron chi connectivity index (χ1n) is 6.49. The van der Waals surface area contributed by atoms with E-state index >= 15 is 0 Å². The Balaban J connectivity index is 2.04. The van der Waals surface area contributed by atoms with E-state index in [1.807, 2.05) is 0 Å². The van der Waals surface area contributed by atoms with Crippen LogP contribution in [0.2, 0.25) is 0 Å². The number of hydrogen-bond acceptors (Lipinski definition) is 3. The highest BCUT2D eigenvalue weighted by Crippen LogP contribution is 2.44. The predicted molar refractivity (Wildman–Crippen MR) is 68.2 cm³/mol. The number of nitrogens with zero attached hydrogens (tertiary/aromatic N) is 1. The number of nitrogens with one attached hydrogen (secondary N) is 1. The maximum atomic E-state index is 13.2. The zero-order chi connectivity index (χ0) is 13.5. The maximum Gasteiger partial charge on any atom is 0.319 e. The van der Waals surface area contributed by atoms with E-state index in [1.54, 1.807) is 13.0 Å². The molecule has 1 fully saturated rings. The van der Waals surface area contributed by atoms with Crippen LogP contribution >= 0.6 is 0 Å². The number of aromatic nitrogens is 2. The highest BCUT2D eigenvalue weighted by Gasteiger charge is 2.49. The molecule has 3 rings (SSSR count). The third-order valence-corrected chi connectivity index (χ3v) is 3.77. The van der Waals surface area contributed by atoms with E-state index < -0.39 is 5.41 Å². The number of hydrogen-bond donors (Lipinski definition) is 1. The molecule has 0 amide bonds. The Kier molecular flexibility index (Phi) is 2.77. The molecule has 2 aromatic rings. The van der Waals surface area contributed by atoms with Crippen molar-refractivity contribution in [3.8, 4) is 0 Å². The molecule has 5 heteroatoms. The van der Waals surface area contributed by atoms with Crippen LogP contribution in [0.5, 0.6) is 0 Å². The van der Waals surface area contributed by atoms with Crippen molar-refractivity contribution in [2.75, 3.05) is 6.61 Å². The van der Waals surface area contributed by atoms with Gasteiger partial charge in [0, 0.05) is 0 Å². The largest absolute Gasteiger partial charge is 0.465 e. The van der Waals surface area contributed by atoms with Crippen molar-refractivity contribution in [1.82, 2.24) is 9.97 Å². The van der Waals surface area contributed by atoms with E-state index in [9.17, 15) is 9.18 Å². The first-order valence-corrected chi connectivity index (χ1v) is 6.49. The maximum absolute atomic E-state index is 13.2. The lowest BCUT2D eigenvalue weighted by atomic mass is 9.68. The van der Waals surface area contributed by atoms with Gasteiger partial charge in [-0.1, -0.05) is 6.42 Å². The van der Waals surface area contributed by atoms with Gasteiger partial charge in [0.1, 0.15) is 17.1 Å². The minimum Gasteiger partial charge on any atom is -0.465 e. The molecule has 1 saturated carbocycles. The molecule has 1 aromatic heterocycles. The van der Waals surface area contributed by atoms with Crippen LogP contribution in [0.1, 0.15) is 32.0 Å². The molecular formula is C14H15FN2O2. The third kappa shape index (κ3) is 1.80. The van der Waals surface area contributed by atoms with E-state index in [0.29, 0.717) is 23.5 Å². The second-order valence-corrected chi connectivity index (χ2v) is 4.90. The average molecular weight is 262 g/mol. The molecule has 100 valence electrons. The number of benzene rings is 1. The lowest BCUT2D eigenvalue weighted by Crippen LogP contribution is -2.44. The average Bonchev–Trinajstić information content (AvgIpc) is 2.70.